The summed E-state index contributed by atoms with van der Waals surface area (Å²) in [5.41, 5.74) is 0.742. The molecule has 1 aliphatic rings. The highest BCUT2D eigenvalue weighted by Crippen LogP contribution is 2.38. The van der Waals surface area contributed by atoms with E-state index in [1.54, 1.807) is 23.1 Å². The minimum Gasteiger partial charge on any atom is -0.342 e. The fraction of sp³-hybridized carbons (Fsp3) is 0.333. The van der Waals surface area contributed by atoms with Crippen LogP contribution in [0.2, 0.25) is 10.0 Å². The highest BCUT2D eigenvalue weighted by Gasteiger charge is 2.41. The smallest absolute Gasteiger partial charge is 0.216 e. The Labute approximate surface area is 136 Å². The lowest BCUT2D eigenvalue weighted by molar-refractivity contribution is -0.177. The third-order valence-corrected chi connectivity index (χ3v) is 3.48. The monoisotopic (exact) mass is 379 g/mol. The maximum atomic E-state index is 6.25. The highest BCUT2D eigenvalue weighted by atomic mass is 79.9. The van der Waals surface area contributed by atoms with Crippen LogP contribution >= 0.6 is 40.2 Å². The van der Waals surface area contributed by atoms with Crippen LogP contribution in [0.25, 0.3) is 0 Å². The van der Waals surface area contributed by atoms with E-state index in [0.29, 0.717) is 29.8 Å². The molecular formula is C12H12BrCl2N3O2. The number of rotatable bonds is 3. The number of ether oxygens (including phenoxy) is 2. The first-order valence-electron chi connectivity index (χ1n) is 5.75. The Morgan fingerprint density at radius 2 is 2.00 bits per heavy atom. The summed E-state index contributed by atoms with van der Waals surface area (Å²) < 4.78 is 13.2. The van der Waals surface area contributed by atoms with Crippen LogP contribution in [0, 0.1) is 0 Å². The molecule has 108 valence electrons. The van der Waals surface area contributed by atoms with Crippen molar-refractivity contribution in [1.82, 2.24) is 14.8 Å². The molecule has 0 spiro atoms. The van der Waals surface area contributed by atoms with E-state index in [2.05, 4.69) is 10.1 Å². The molecule has 1 saturated heterocycles. The van der Waals surface area contributed by atoms with Crippen LogP contribution in [0.5, 0.6) is 0 Å². The normalized spacial score (nSPS) is 16.9. The number of hydrogen-bond acceptors (Lipinski definition) is 4. The second kappa shape index (κ2) is 6.41. The van der Waals surface area contributed by atoms with Crippen molar-refractivity contribution in [3.05, 3.63) is 46.5 Å². The molecule has 0 bridgehead atoms. The van der Waals surface area contributed by atoms with E-state index in [1.807, 2.05) is 6.07 Å². The SMILES string of the molecule is Br.Clc1ccc(C2(Cn3cncn3)OCCO2)c(Cl)c1. The van der Waals surface area contributed by atoms with Crippen molar-refractivity contribution in [2.24, 2.45) is 0 Å². The Balaban J connectivity index is 0.00000147. The average molecular weight is 381 g/mol. The van der Waals surface area contributed by atoms with Crippen molar-refractivity contribution in [2.45, 2.75) is 12.3 Å². The number of hydrogen-bond donors (Lipinski definition) is 0. The van der Waals surface area contributed by atoms with E-state index in [9.17, 15) is 0 Å². The van der Waals surface area contributed by atoms with E-state index in [4.69, 9.17) is 32.7 Å². The largest absolute Gasteiger partial charge is 0.342 e. The Kier molecular flexibility index (Phi) is 5.04. The molecule has 0 amide bonds. The predicted molar refractivity (Wildman–Crippen MR) is 80.4 cm³/mol. The zero-order chi connectivity index (χ0) is 13.3. The van der Waals surface area contributed by atoms with E-state index < -0.39 is 5.79 Å². The van der Waals surface area contributed by atoms with Gasteiger partial charge in [-0.15, -0.1) is 17.0 Å². The summed E-state index contributed by atoms with van der Waals surface area (Å²) in [5, 5.41) is 5.15. The fourth-order valence-electron chi connectivity index (χ4n) is 2.11. The summed E-state index contributed by atoms with van der Waals surface area (Å²) in [6, 6.07) is 5.25. The highest BCUT2D eigenvalue weighted by molar-refractivity contribution is 8.93. The molecule has 0 N–H and O–H groups in total. The lowest BCUT2D eigenvalue weighted by Gasteiger charge is -2.28. The van der Waals surface area contributed by atoms with Gasteiger partial charge in [0.15, 0.2) is 0 Å². The third-order valence-electron chi connectivity index (χ3n) is 2.93. The molecule has 20 heavy (non-hydrogen) atoms. The Morgan fingerprint density at radius 1 is 1.25 bits per heavy atom. The quantitative estimate of drug-likeness (QED) is 0.820. The minimum atomic E-state index is -0.935. The molecule has 1 aromatic carbocycles. The Hall–Kier alpha value is -0.660. The first kappa shape index (κ1) is 15.7. The van der Waals surface area contributed by atoms with E-state index in [0.717, 1.165) is 5.56 Å². The minimum absolute atomic E-state index is 0. The molecule has 5 nitrogen and oxygen atoms in total. The zero-order valence-corrected chi connectivity index (χ0v) is 13.6. The summed E-state index contributed by atoms with van der Waals surface area (Å²) in [7, 11) is 0. The maximum Gasteiger partial charge on any atom is 0.216 e. The molecule has 1 fully saturated rings. The van der Waals surface area contributed by atoms with Crippen LogP contribution < -0.4 is 0 Å². The van der Waals surface area contributed by atoms with Crippen molar-refractivity contribution in [1.29, 1.82) is 0 Å². The topological polar surface area (TPSA) is 49.2 Å². The summed E-state index contributed by atoms with van der Waals surface area (Å²) in [5.74, 6) is -0.935. The van der Waals surface area contributed by atoms with Gasteiger partial charge in [0.1, 0.15) is 19.2 Å². The van der Waals surface area contributed by atoms with Crippen LogP contribution in [0.15, 0.2) is 30.9 Å². The standard InChI is InChI=1S/C12H11Cl2N3O2.BrH/c13-9-1-2-10(11(14)5-9)12(18-3-4-19-12)6-17-8-15-7-16-17;/h1-2,5,7-8H,3-4,6H2;1H. The van der Waals surface area contributed by atoms with Crippen molar-refractivity contribution in [3.63, 3.8) is 0 Å². The average Bonchev–Trinajstić information content (AvgIpc) is 3.02. The third kappa shape index (κ3) is 2.99. The first-order chi connectivity index (χ1) is 9.20. The molecule has 0 radical (unpaired) electrons. The molecule has 2 heterocycles. The van der Waals surface area contributed by atoms with Crippen molar-refractivity contribution < 1.29 is 9.47 Å². The second-order valence-corrected chi connectivity index (χ2v) is 5.01. The number of nitrogens with zero attached hydrogens (tertiary/aromatic N) is 3. The molecule has 2 aromatic rings. The molecule has 3 rings (SSSR count). The lowest BCUT2D eigenvalue weighted by atomic mass is 10.1. The van der Waals surface area contributed by atoms with E-state index in [-0.39, 0.29) is 17.0 Å². The van der Waals surface area contributed by atoms with Crippen LogP contribution in [-0.2, 0) is 21.8 Å². The van der Waals surface area contributed by atoms with Gasteiger partial charge in [0.2, 0.25) is 5.79 Å². The van der Waals surface area contributed by atoms with Gasteiger partial charge in [0.05, 0.1) is 18.2 Å². The number of halogens is 3. The summed E-state index contributed by atoms with van der Waals surface area (Å²) in [6.45, 7) is 1.40. The van der Waals surface area contributed by atoms with Gasteiger partial charge in [-0.25, -0.2) is 9.67 Å². The lowest BCUT2D eigenvalue weighted by Crippen LogP contribution is -2.33. The van der Waals surface area contributed by atoms with Gasteiger partial charge in [-0.3, -0.25) is 0 Å². The van der Waals surface area contributed by atoms with Crippen LogP contribution in [0.4, 0.5) is 0 Å². The van der Waals surface area contributed by atoms with Crippen molar-refractivity contribution in [2.75, 3.05) is 13.2 Å². The fourth-order valence-corrected chi connectivity index (χ4v) is 2.67. The second-order valence-electron chi connectivity index (χ2n) is 4.17. The first-order valence-corrected chi connectivity index (χ1v) is 6.51. The van der Waals surface area contributed by atoms with E-state index in [1.165, 1.54) is 6.33 Å². The van der Waals surface area contributed by atoms with Gasteiger partial charge in [-0.05, 0) is 12.1 Å². The number of aromatic nitrogens is 3. The molecule has 8 heteroatoms. The van der Waals surface area contributed by atoms with Gasteiger partial charge in [0.25, 0.3) is 0 Å². The zero-order valence-electron chi connectivity index (χ0n) is 10.3. The summed E-state index contributed by atoms with van der Waals surface area (Å²) in [4.78, 5) is 3.91. The van der Waals surface area contributed by atoms with Crippen molar-refractivity contribution >= 4 is 40.2 Å². The molecule has 0 aliphatic carbocycles. The van der Waals surface area contributed by atoms with E-state index >= 15 is 0 Å². The van der Waals surface area contributed by atoms with Gasteiger partial charge in [-0.1, -0.05) is 29.3 Å². The molecule has 0 unspecified atom stereocenters. The Bertz CT molecular complexity index is 574. The molecule has 0 atom stereocenters. The van der Waals surface area contributed by atoms with Crippen molar-refractivity contribution in [3.8, 4) is 0 Å². The van der Waals surface area contributed by atoms with Crippen LogP contribution in [0.3, 0.4) is 0 Å². The van der Waals surface area contributed by atoms with Gasteiger partial charge < -0.3 is 9.47 Å². The molecular weight excluding hydrogens is 369 g/mol. The molecule has 0 saturated carbocycles. The molecule has 1 aliphatic heterocycles. The molecule has 1 aromatic heterocycles. The van der Waals surface area contributed by atoms with Crippen LogP contribution in [0.1, 0.15) is 5.56 Å². The van der Waals surface area contributed by atoms with Gasteiger partial charge in [-0.2, -0.15) is 5.10 Å². The van der Waals surface area contributed by atoms with Crippen LogP contribution in [-0.4, -0.2) is 28.0 Å². The predicted octanol–water partition coefficient (Wildman–Crippen LogP) is 3.06. The Morgan fingerprint density at radius 3 is 2.60 bits per heavy atom. The van der Waals surface area contributed by atoms with Gasteiger partial charge >= 0.3 is 0 Å². The maximum absolute atomic E-state index is 6.25. The summed E-state index contributed by atoms with van der Waals surface area (Å²) in [6.07, 6.45) is 3.07. The summed E-state index contributed by atoms with van der Waals surface area (Å²) >= 11 is 12.2. The number of benzene rings is 1. The van der Waals surface area contributed by atoms with Gasteiger partial charge in [0, 0.05) is 10.6 Å².